The fraction of sp³-hybridized carbons (Fsp3) is 0.440. The minimum atomic E-state index is -0.144. The molecule has 8 heteroatoms. The Morgan fingerprint density at radius 2 is 1.82 bits per heavy atom. The van der Waals surface area contributed by atoms with Crippen molar-refractivity contribution in [3.63, 3.8) is 0 Å². The van der Waals surface area contributed by atoms with Gasteiger partial charge in [-0.3, -0.25) is 4.90 Å². The van der Waals surface area contributed by atoms with E-state index in [2.05, 4.69) is 43.1 Å². The number of nitrogens with zero attached hydrogens (tertiary/aromatic N) is 3. The molecule has 4 rings (SSSR count). The number of rotatable bonds is 5. The first-order valence-electron chi connectivity index (χ1n) is 11.2. The SMILES string of the molecule is COc1ccc(NC(=O)N2CCN(Cc3nc4cc(C(C)(C)C)ccc4o3)CC2)c(OC)c1. The molecule has 1 aromatic heterocycles. The van der Waals surface area contributed by atoms with E-state index in [9.17, 15) is 4.79 Å². The lowest BCUT2D eigenvalue weighted by Crippen LogP contribution is -2.49. The molecule has 0 spiro atoms. The van der Waals surface area contributed by atoms with Gasteiger partial charge in [0.05, 0.1) is 26.5 Å². The largest absolute Gasteiger partial charge is 0.497 e. The number of carbonyl (C=O) groups is 1. The number of hydrogen-bond donors (Lipinski definition) is 1. The molecule has 0 bridgehead atoms. The van der Waals surface area contributed by atoms with E-state index in [4.69, 9.17) is 18.9 Å². The zero-order valence-corrected chi connectivity index (χ0v) is 20.0. The van der Waals surface area contributed by atoms with Crippen LogP contribution in [-0.2, 0) is 12.0 Å². The van der Waals surface area contributed by atoms with Gasteiger partial charge in [-0.1, -0.05) is 26.8 Å². The molecule has 1 N–H and O–H groups in total. The second-order valence-corrected chi connectivity index (χ2v) is 9.30. The van der Waals surface area contributed by atoms with Crippen molar-refractivity contribution in [2.75, 3.05) is 45.7 Å². The van der Waals surface area contributed by atoms with Gasteiger partial charge in [-0.25, -0.2) is 9.78 Å². The average molecular weight is 453 g/mol. The van der Waals surface area contributed by atoms with Crippen LogP contribution in [0.4, 0.5) is 10.5 Å². The molecule has 33 heavy (non-hydrogen) atoms. The first-order valence-corrected chi connectivity index (χ1v) is 11.2. The third-order valence-electron chi connectivity index (χ3n) is 5.97. The van der Waals surface area contributed by atoms with Crippen molar-refractivity contribution in [3.05, 3.63) is 47.9 Å². The highest BCUT2D eigenvalue weighted by Gasteiger charge is 2.23. The Morgan fingerprint density at radius 1 is 1.06 bits per heavy atom. The predicted molar refractivity (Wildman–Crippen MR) is 128 cm³/mol. The van der Waals surface area contributed by atoms with Crippen LogP contribution in [0.5, 0.6) is 11.5 Å². The van der Waals surface area contributed by atoms with E-state index in [0.29, 0.717) is 42.7 Å². The van der Waals surface area contributed by atoms with Gasteiger partial charge >= 0.3 is 6.03 Å². The molecular formula is C25H32N4O4. The van der Waals surface area contributed by atoms with Gasteiger partial charge in [-0.15, -0.1) is 0 Å². The number of piperazine rings is 1. The summed E-state index contributed by atoms with van der Waals surface area (Å²) >= 11 is 0. The molecule has 0 aliphatic carbocycles. The topological polar surface area (TPSA) is 80.1 Å². The number of carbonyl (C=O) groups excluding carboxylic acids is 1. The van der Waals surface area contributed by atoms with Gasteiger partial charge in [-0.05, 0) is 35.2 Å². The van der Waals surface area contributed by atoms with Crippen LogP contribution in [0.3, 0.4) is 0 Å². The van der Waals surface area contributed by atoms with E-state index in [1.54, 1.807) is 32.4 Å². The van der Waals surface area contributed by atoms with Gasteiger partial charge in [0.15, 0.2) is 5.58 Å². The molecule has 1 saturated heterocycles. The van der Waals surface area contributed by atoms with Crippen LogP contribution >= 0.6 is 0 Å². The van der Waals surface area contributed by atoms with Crippen molar-refractivity contribution < 1.29 is 18.7 Å². The van der Waals surface area contributed by atoms with Crippen molar-refractivity contribution >= 4 is 22.8 Å². The van der Waals surface area contributed by atoms with E-state index in [0.717, 1.165) is 24.2 Å². The Labute approximate surface area is 194 Å². The summed E-state index contributed by atoms with van der Waals surface area (Å²) in [6, 6.07) is 11.4. The van der Waals surface area contributed by atoms with Gasteiger partial charge in [-0.2, -0.15) is 0 Å². The molecular weight excluding hydrogens is 420 g/mol. The highest BCUT2D eigenvalue weighted by Crippen LogP contribution is 2.29. The van der Waals surface area contributed by atoms with Crippen LogP contribution in [0.1, 0.15) is 32.2 Å². The first kappa shape index (κ1) is 22.9. The summed E-state index contributed by atoms with van der Waals surface area (Å²) < 4.78 is 16.5. The van der Waals surface area contributed by atoms with Crippen LogP contribution in [0.25, 0.3) is 11.1 Å². The number of anilines is 1. The van der Waals surface area contributed by atoms with E-state index >= 15 is 0 Å². The molecule has 2 aromatic carbocycles. The maximum atomic E-state index is 12.8. The monoisotopic (exact) mass is 452 g/mol. The second kappa shape index (κ2) is 9.31. The van der Waals surface area contributed by atoms with E-state index in [1.807, 2.05) is 11.0 Å². The van der Waals surface area contributed by atoms with Gasteiger partial charge in [0.25, 0.3) is 0 Å². The highest BCUT2D eigenvalue weighted by atomic mass is 16.5. The molecule has 2 amide bonds. The lowest BCUT2D eigenvalue weighted by molar-refractivity contribution is 0.136. The van der Waals surface area contributed by atoms with Gasteiger partial charge in [0, 0.05) is 32.2 Å². The van der Waals surface area contributed by atoms with E-state index in [-0.39, 0.29) is 11.4 Å². The normalized spacial score (nSPS) is 15.0. The molecule has 176 valence electrons. The molecule has 8 nitrogen and oxygen atoms in total. The van der Waals surface area contributed by atoms with Crippen LogP contribution in [0, 0.1) is 0 Å². The van der Waals surface area contributed by atoms with Gasteiger partial charge < -0.3 is 24.1 Å². The van der Waals surface area contributed by atoms with Crippen molar-refractivity contribution in [1.82, 2.24) is 14.8 Å². The lowest BCUT2D eigenvalue weighted by Gasteiger charge is -2.34. The van der Waals surface area contributed by atoms with Crippen LogP contribution in [0.2, 0.25) is 0 Å². The summed E-state index contributed by atoms with van der Waals surface area (Å²) in [5.74, 6) is 1.94. The number of methoxy groups -OCH3 is 2. The van der Waals surface area contributed by atoms with Crippen molar-refractivity contribution in [2.45, 2.75) is 32.7 Å². The number of nitrogens with one attached hydrogen (secondary N) is 1. The molecule has 0 unspecified atom stereocenters. The Kier molecular flexibility index (Phi) is 6.47. The number of aromatic nitrogens is 1. The summed E-state index contributed by atoms with van der Waals surface area (Å²) in [4.78, 5) is 21.5. The molecule has 1 aliphatic heterocycles. The summed E-state index contributed by atoms with van der Waals surface area (Å²) in [6.45, 7) is 9.94. The van der Waals surface area contributed by atoms with Crippen molar-refractivity contribution in [3.8, 4) is 11.5 Å². The third kappa shape index (κ3) is 5.22. The van der Waals surface area contributed by atoms with Crippen molar-refractivity contribution in [1.29, 1.82) is 0 Å². The maximum absolute atomic E-state index is 12.8. The number of urea groups is 1. The highest BCUT2D eigenvalue weighted by molar-refractivity contribution is 5.91. The van der Waals surface area contributed by atoms with Crippen LogP contribution < -0.4 is 14.8 Å². The minimum Gasteiger partial charge on any atom is -0.497 e. The molecule has 1 aliphatic rings. The Balaban J connectivity index is 1.34. The minimum absolute atomic E-state index is 0.0695. The maximum Gasteiger partial charge on any atom is 0.322 e. The summed E-state index contributed by atoms with van der Waals surface area (Å²) in [5, 5.41) is 2.94. The Hall–Kier alpha value is -3.26. The molecule has 2 heterocycles. The summed E-state index contributed by atoms with van der Waals surface area (Å²) in [5.41, 5.74) is 3.63. The number of benzene rings is 2. The van der Waals surface area contributed by atoms with Gasteiger partial charge in [0.2, 0.25) is 5.89 Å². The van der Waals surface area contributed by atoms with E-state index in [1.165, 1.54) is 5.56 Å². The standard InChI is InChI=1S/C25H32N4O4/c1-25(2,3)17-6-9-21-20(14-17)26-23(33-21)16-28-10-12-29(13-11-28)24(30)27-19-8-7-18(31-4)15-22(19)32-5/h6-9,14-15H,10-13,16H2,1-5H3,(H,27,30). The number of fused-ring (bicyclic) bond motifs is 1. The van der Waals surface area contributed by atoms with Crippen LogP contribution in [-0.4, -0.2) is 61.2 Å². The molecule has 0 atom stereocenters. The number of amides is 2. The third-order valence-corrected chi connectivity index (χ3v) is 5.97. The quantitative estimate of drug-likeness (QED) is 0.614. The van der Waals surface area contributed by atoms with Crippen LogP contribution in [0.15, 0.2) is 40.8 Å². The first-order chi connectivity index (χ1) is 15.8. The summed E-state index contributed by atoms with van der Waals surface area (Å²) in [6.07, 6.45) is 0. The molecule has 1 fully saturated rings. The second-order valence-electron chi connectivity index (χ2n) is 9.30. The molecule has 0 radical (unpaired) electrons. The zero-order valence-electron chi connectivity index (χ0n) is 20.0. The lowest BCUT2D eigenvalue weighted by atomic mass is 9.87. The van der Waals surface area contributed by atoms with E-state index < -0.39 is 0 Å². The Bertz CT molecular complexity index is 1130. The fourth-order valence-corrected chi connectivity index (χ4v) is 3.91. The molecule has 0 saturated carbocycles. The zero-order chi connectivity index (χ0) is 23.6. The Morgan fingerprint density at radius 3 is 2.48 bits per heavy atom. The number of ether oxygens (including phenoxy) is 2. The molecule has 3 aromatic rings. The smallest absolute Gasteiger partial charge is 0.322 e. The average Bonchev–Trinajstić information content (AvgIpc) is 3.20. The number of hydrogen-bond acceptors (Lipinski definition) is 6. The van der Waals surface area contributed by atoms with Gasteiger partial charge in [0.1, 0.15) is 17.0 Å². The number of oxazole rings is 1. The fourth-order valence-electron chi connectivity index (χ4n) is 3.91. The summed E-state index contributed by atoms with van der Waals surface area (Å²) in [7, 11) is 3.16. The predicted octanol–water partition coefficient (Wildman–Crippen LogP) is 4.49. The van der Waals surface area contributed by atoms with Crippen molar-refractivity contribution in [2.24, 2.45) is 0 Å².